The van der Waals surface area contributed by atoms with Gasteiger partial charge in [0, 0.05) is 17.1 Å². The Morgan fingerprint density at radius 1 is 1.43 bits per heavy atom. The zero-order valence-electron chi connectivity index (χ0n) is 12.6. The molecule has 0 amide bonds. The molecule has 4 nitrogen and oxygen atoms in total. The monoisotopic (exact) mass is 322 g/mol. The lowest BCUT2D eigenvalue weighted by Gasteiger charge is -2.29. The molecule has 2 unspecified atom stereocenters. The average molecular weight is 323 g/mol. The molecule has 1 saturated carbocycles. The number of thiazole rings is 1. The molecule has 6 heteroatoms. The van der Waals surface area contributed by atoms with Crippen LogP contribution in [-0.2, 0) is 0 Å². The van der Waals surface area contributed by atoms with Crippen molar-refractivity contribution in [1.82, 2.24) is 9.36 Å². The lowest BCUT2D eigenvalue weighted by atomic mass is 9.84. The van der Waals surface area contributed by atoms with Gasteiger partial charge in [0.1, 0.15) is 15.8 Å². The first kappa shape index (κ1) is 14.8. The molecule has 21 heavy (non-hydrogen) atoms. The van der Waals surface area contributed by atoms with Gasteiger partial charge in [0.15, 0.2) is 0 Å². The second-order valence-corrected chi connectivity index (χ2v) is 7.48. The van der Waals surface area contributed by atoms with Crippen molar-refractivity contribution < 1.29 is 0 Å². The van der Waals surface area contributed by atoms with Crippen LogP contribution in [0, 0.1) is 12.8 Å². The van der Waals surface area contributed by atoms with Gasteiger partial charge in [-0.05, 0) is 37.2 Å². The Hall–Kier alpha value is -1.14. The van der Waals surface area contributed by atoms with E-state index in [0.717, 1.165) is 27.2 Å². The first-order valence-electron chi connectivity index (χ1n) is 7.61. The van der Waals surface area contributed by atoms with E-state index >= 15 is 0 Å². The molecule has 0 radical (unpaired) electrons. The number of nitrogens with two attached hydrogens (primary N) is 1. The van der Waals surface area contributed by atoms with Gasteiger partial charge in [-0.15, -0.1) is 11.3 Å². The molecule has 0 saturated heterocycles. The Bertz CT molecular complexity index is 605. The Labute approximate surface area is 134 Å². The predicted molar refractivity (Wildman–Crippen MR) is 92.0 cm³/mol. The third kappa shape index (κ3) is 3.21. The zero-order valence-corrected chi connectivity index (χ0v) is 14.2. The Morgan fingerprint density at radius 2 is 2.29 bits per heavy atom. The predicted octanol–water partition coefficient (Wildman–Crippen LogP) is 4.54. The van der Waals surface area contributed by atoms with Crippen LogP contribution in [0.4, 0.5) is 10.8 Å². The third-order valence-electron chi connectivity index (χ3n) is 4.25. The number of hydrogen-bond acceptors (Lipinski definition) is 6. The van der Waals surface area contributed by atoms with E-state index in [1.54, 1.807) is 11.3 Å². The molecule has 114 valence electrons. The van der Waals surface area contributed by atoms with Crippen molar-refractivity contribution in [3.63, 3.8) is 0 Å². The standard InChI is InChI=1S/C15H22N4S2/c1-3-10-5-4-6-11(7-10)18-15-12(13(16)19-21-15)14-17-9(2)8-20-14/h8,10-11,18H,3-7H2,1-2H3,(H2,16,19). The first-order valence-corrected chi connectivity index (χ1v) is 9.26. The quantitative estimate of drug-likeness (QED) is 0.867. The van der Waals surface area contributed by atoms with E-state index in [0.29, 0.717) is 11.9 Å². The number of nitrogen functional groups attached to an aromatic ring is 1. The van der Waals surface area contributed by atoms with E-state index in [1.807, 2.05) is 6.92 Å². The summed E-state index contributed by atoms with van der Waals surface area (Å²) in [7, 11) is 0. The largest absolute Gasteiger partial charge is 0.382 e. The van der Waals surface area contributed by atoms with Gasteiger partial charge in [-0.1, -0.05) is 26.2 Å². The fourth-order valence-corrected chi connectivity index (χ4v) is 4.77. The Kier molecular flexibility index (Phi) is 4.45. The van der Waals surface area contributed by atoms with E-state index in [1.165, 1.54) is 43.6 Å². The summed E-state index contributed by atoms with van der Waals surface area (Å²) in [5, 5.41) is 7.81. The van der Waals surface area contributed by atoms with Gasteiger partial charge in [0.25, 0.3) is 0 Å². The van der Waals surface area contributed by atoms with Gasteiger partial charge in [-0.3, -0.25) is 0 Å². The summed E-state index contributed by atoms with van der Waals surface area (Å²) in [4.78, 5) is 4.56. The molecule has 3 rings (SSSR count). The second kappa shape index (κ2) is 6.32. The molecular weight excluding hydrogens is 300 g/mol. The first-order chi connectivity index (χ1) is 10.2. The van der Waals surface area contributed by atoms with Crippen LogP contribution >= 0.6 is 22.9 Å². The topological polar surface area (TPSA) is 63.8 Å². The van der Waals surface area contributed by atoms with Crippen LogP contribution in [0.5, 0.6) is 0 Å². The molecule has 0 aliphatic heterocycles. The summed E-state index contributed by atoms with van der Waals surface area (Å²) >= 11 is 3.10. The zero-order chi connectivity index (χ0) is 14.8. The summed E-state index contributed by atoms with van der Waals surface area (Å²) in [6.07, 6.45) is 6.46. The van der Waals surface area contributed by atoms with Crippen LogP contribution in [0.3, 0.4) is 0 Å². The lowest BCUT2D eigenvalue weighted by molar-refractivity contribution is 0.327. The molecule has 0 spiro atoms. The van der Waals surface area contributed by atoms with Crippen LogP contribution in [0.1, 0.15) is 44.7 Å². The minimum absolute atomic E-state index is 0.545. The maximum absolute atomic E-state index is 6.07. The normalized spacial score (nSPS) is 22.4. The molecule has 2 atom stereocenters. The highest BCUT2D eigenvalue weighted by Gasteiger charge is 2.24. The summed E-state index contributed by atoms with van der Waals surface area (Å²) in [6.45, 7) is 4.30. The molecule has 0 aromatic carbocycles. The summed E-state index contributed by atoms with van der Waals surface area (Å²) in [5.74, 6) is 1.45. The van der Waals surface area contributed by atoms with E-state index in [4.69, 9.17) is 5.73 Å². The fourth-order valence-electron chi connectivity index (χ4n) is 3.05. The van der Waals surface area contributed by atoms with Gasteiger partial charge in [0.2, 0.25) is 0 Å². The highest BCUT2D eigenvalue weighted by Crippen LogP contribution is 2.40. The molecule has 3 N–H and O–H groups in total. The second-order valence-electron chi connectivity index (χ2n) is 5.85. The SMILES string of the molecule is CCC1CCCC(Nc2snc(N)c2-c2nc(C)cs2)C1. The molecule has 1 aliphatic carbocycles. The van der Waals surface area contributed by atoms with E-state index < -0.39 is 0 Å². The molecule has 1 fully saturated rings. The summed E-state index contributed by atoms with van der Waals surface area (Å²) in [6, 6.07) is 0.545. The highest BCUT2D eigenvalue weighted by atomic mass is 32.1. The van der Waals surface area contributed by atoms with Crippen molar-refractivity contribution >= 4 is 33.7 Å². The molecular formula is C15H22N4S2. The van der Waals surface area contributed by atoms with Gasteiger partial charge < -0.3 is 11.1 Å². The van der Waals surface area contributed by atoms with Crippen molar-refractivity contribution in [3.05, 3.63) is 11.1 Å². The maximum atomic E-state index is 6.07. The lowest BCUT2D eigenvalue weighted by Crippen LogP contribution is -2.26. The third-order valence-corrected chi connectivity index (χ3v) is 6.02. The summed E-state index contributed by atoms with van der Waals surface area (Å²) < 4.78 is 4.33. The number of hydrogen-bond donors (Lipinski definition) is 2. The number of anilines is 2. The van der Waals surface area contributed by atoms with Gasteiger partial charge in [0.05, 0.1) is 5.56 Å². The average Bonchev–Trinajstić information content (AvgIpc) is 3.05. The van der Waals surface area contributed by atoms with Crippen LogP contribution in [0.2, 0.25) is 0 Å². The van der Waals surface area contributed by atoms with E-state index in [2.05, 4.69) is 27.0 Å². The maximum Gasteiger partial charge on any atom is 0.149 e. The molecule has 2 aromatic rings. The number of aromatic nitrogens is 2. The fraction of sp³-hybridized carbons (Fsp3) is 0.600. The highest BCUT2D eigenvalue weighted by molar-refractivity contribution is 7.15. The number of nitrogens with one attached hydrogen (secondary N) is 1. The number of aryl methyl sites for hydroxylation is 1. The van der Waals surface area contributed by atoms with Crippen LogP contribution in [-0.4, -0.2) is 15.4 Å². The minimum atomic E-state index is 0.545. The van der Waals surface area contributed by atoms with Crippen LogP contribution < -0.4 is 11.1 Å². The molecule has 0 bridgehead atoms. The van der Waals surface area contributed by atoms with E-state index in [9.17, 15) is 0 Å². The summed E-state index contributed by atoms with van der Waals surface area (Å²) in [5.41, 5.74) is 8.10. The number of rotatable bonds is 4. The smallest absolute Gasteiger partial charge is 0.149 e. The van der Waals surface area contributed by atoms with Crippen LogP contribution in [0.25, 0.3) is 10.6 Å². The van der Waals surface area contributed by atoms with E-state index in [-0.39, 0.29) is 0 Å². The van der Waals surface area contributed by atoms with Crippen molar-refractivity contribution in [2.45, 2.75) is 52.0 Å². The molecule has 1 aliphatic rings. The van der Waals surface area contributed by atoms with Crippen molar-refractivity contribution in [3.8, 4) is 10.6 Å². The molecule has 2 aromatic heterocycles. The van der Waals surface area contributed by atoms with Crippen molar-refractivity contribution in [1.29, 1.82) is 0 Å². The molecule has 2 heterocycles. The Balaban J connectivity index is 1.80. The minimum Gasteiger partial charge on any atom is -0.382 e. The van der Waals surface area contributed by atoms with Crippen molar-refractivity contribution in [2.75, 3.05) is 11.1 Å². The van der Waals surface area contributed by atoms with Crippen molar-refractivity contribution in [2.24, 2.45) is 5.92 Å². The Morgan fingerprint density at radius 3 is 3.00 bits per heavy atom. The van der Waals surface area contributed by atoms with Gasteiger partial charge in [-0.25, -0.2) is 4.98 Å². The van der Waals surface area contributed by atoms with Crippen LogP contribution in [0.15, 0.2) is 5.38 Å². The van der Waals surface area contributed by atoms with Gasteiger partial charge >= 0.3 is 0 Å². The number of nitrogens with zero attached hydrogens (tertiary/aromatic N) is 2. The van der Waals surface area contributed by atoms with Gasteiger partial charge in [-0.2, -0.15) is 4.37 Å².